The van der Waals surface area contributed by atoms with Crippen molar-refractivity contribution in [1.29, 1.82) is 0 Å². The van der Waals surface area contributed by atoms with E-state index in [4.69, 9.17) is 19.2 Å². The van der Waals surface area contributed by atoms with Crippen LogP contribution in [0.3, 0.4) is 0 Å². The van der Waals surface area contributed by atoms with E-state index in [1.807, 2.05) is 27.7 Å². The Morgan fingerprint density at radius 2 is 1.88 bits per heavy atom. The minimum absolute atomic E-state index is 0.0919. The number of anilines is 1. The SMILES string of the molecule is [2H]c1nc(N)c([2H])c(B2OC(C)(C)C(C)(C)O2)c1[2H]. The fourth-order valence-electron chi connectivity index (χ4n) is 1.42. The van der Waals surface area contributed by atoms with Crippen molar-refractivity contribution in [3.8, 4) is 0 Å². The van der Waals surface area contributed by atoms with Gasteiger partial charge in [-0.05, 0) is 45.2 Å². The van der Waals surface area contributed by atoms with Crippen LogP contribution in [0.5, 0.6) is 0 Å². The lowest BCUT2D eigenvalue weighted by atomic mass is 9.80. The molecular weight excluding hydrogens is 203 g/mol. The molecule has 86 valence electrons. The van der Waals surface area contributed by atoms with Crippen LogP contribution in [0.25, 0.3) is 0 Å². The van der Waals surface area contributed by atoms with Crippen LogP contribution < -0.4 is 11.2 Å². The normalized spacial score (nSPS) is 25.0. The lowest BCUT2D eigenvalue weighted by molar-refractivity contribution is 0.00578. The average molecular weight is 223 g/mol. The predicted molar refractivity (Wildman–Crippen MR) is 64.4 cm³/mol. The third kappa shape index (κ3) is 1.81. The summed E-state index contributed by atoms with van der Waals surface area (Å²) in [4.78, 5) is 3.64. The Morgan fingerprint density at radius 3 is 2.44 bits per heavy atom. The van der Waals surface area contributed by atoms with Crippen LogP contribution in [-0.4, -0.2) is 23.3 Å². The van der Waals surface area contributed by atoms with Gasteiger partial charge in [0.15, 0.2) is 0 Å². The Balaban J connectivity index is 2.51. The average Bonchev–Trinajstić information content (AvgIpc) is 2.45. The van der Waals surface area contributed by atoms with Crippen LogP contribution >= 0.6 is 0 Å². The number of aromatic nitrogens is 1. The van der Waals surface area contributed by atoms with Crippen LogP contribution in [0.1, 0.15) is 31.8 Å². The Bertz CT molecular complexity index is 495. The third-order valence-corrected chi connectivity index (χ3v) is 3.12. The van der Waals surface area contributed by atoms with Crippen molar-refractivity contribution >= 4 is 18.4 Å². The first-order chi connectivity index (χ1) is 8.57. The molecule has 0 unspecified atom stereocenters. The Labute approximate surface area is 101 Å². The van der Waals surface area contributed by atoms with Crippen LogP contribution in [0, 0.1) is 0 Å². The van der Waals surface area contributed by atoms with Crippen LogP contribution in [0.2, 0.25) is 0 Å². The van der Waals surface area contributed by atoms with Crippen molar-refractivity contribution in [3.05, 3.63) is 18.3 Å². The summed E-state index contributed by atoms with van der Waals surface area (Å²) in [5.74, 6) is -0.0919. The van der Waals surface area contributed by atoms with Crippen LogP contribution in [0.4, 0.5) is 5.82 Å². The number of nitrogens with two attached hydrogens (primary N) is 1. The molecule has 1 aliphatic heterocycles. The number of hydrogen-bond acceptors (Lipinski definition) is 4. The van der Waals surface area contributed by atoms with Crippen molar-refractivity contribution in [2.45, 2.75) is 38.9 Å². The number of nitrogen functional groups attached to an aromatic ring is 1. The van der Waals surface area contributed by atoms with E-state index in [2.05, 4.69) is 4.98 Å². The second kappa shape index (κ2) is 3.47. The van der Waals surface area contributed by atoms with Gasteiger partial charge in [0.1, 0.15) is 5.82 Å². The molecule has 1 fully saturated rings. The van der Waals surface area contributed by atoms with E-state index in [1.54, 1.807) is 0 Å². The summed E-state index contributed by atoms with van der Waals surface area (Å²) in [5, 5.41) is 0. The van der Waals surface area contributed by atoms with E-state index in [0.29, 0.717) is 0 Å². The second-order valence-corrected chi connectivity index (χ2v) is 4.86. The maximum Gasteiger partial charge on any atom is 0.495 e. The molecule has 2 N–H and O–H groups in total. The highest BCUT2D eigenvalue weighted by atomic mass is 16.7. The molecule has 1 aliphatic rings. The standard InChI is InChI=1S/C11H17BN2O2/c1-10(2)11(3,4)16-12(15-10)8-5-6-14-9(13)7-8/h5-7H,1-4H3,(H2,13,14)/i5D,6D,7D. The van der Waals surface area contributed by atoms with E-state index in [9.17, 15) is 0 Å². The van der Waals surface area contributed by atoms with Crippen molar-refractivity contribution < 1.29 is 13.4 Å². The summed E-state index contributed by atoms with van der Waals surface area (Å²) < 4.78 is 34.9. The maximum absolute atomic E-state index is 7.91. The largest absolute Gasteiger partial charge is 0.495 e. The van der Waals surface area contributed by atoms with Gasteiger partial charge in [0.05, 0.1) is 15.3 Å². The van der Waals surface area contributed by atoms with Gasteiger partial charge in [-0.15, -0.1) is 0 Å². The van der Waals surface area contributed by atoms with Gasteiger partial charge in [-0.2, -0.15) is 0 Å². The lowest BCUT2D eigenvalue weighted by Crippen LogP contribution is -2.41. The summed E-state index contributed by atoms with van der Waals surface area (Å²) in [6.07, 6.45) is -0.279. The molecule has 1 aromatic heterocycles. The molecular formula is C11H17BN2O2. The summed E-state index contributed by atoms with van der Waals surface area (Å²) in [5.41, 5.74) is 4.60. The molecule has 4 nitrogen and oxygen atoms in total. The van der Waals surface area contributed by atoms with Gasteiger partial charge in [-0.1, -0.05) is 0 Å². The quantitative estimate of drug-likeness (QED) is 0.720. The van der Waals surface area contributed by atoms with Gasteiger partial charge in [-0.3, -0.25) is 0 Å². The molecule has 0 aromatic carbocycles. The molecule has 0 bridgehead atoms. The van der Waals surface area contributed by atoms with Gasteiger partial charge >= 0.3 is 7.12 Å². The summed E-state index contributed by atoms with van der Waals surface area (Å²) >= 11 is 0. The molecule has 16 heavy (non-hydrogen) atoms. The van der Waals surface area contributed by atoms with Gasteiger partial charge < -0.3 is 15.0 Å². The molecule has 0 radical (unpaired) electrons. The first-order valence-corrected chi connectivity index (χ1v) is 5.15. The highest BCUT2D eigenvalue weighted by molar-refractivity contribution is 6.62. The topological polar surface area (TPSA) is 57.4 Å². The van der Waals surface area contributed by atoms with Gasteiger partial charge in [-0.25, -0.2) is 4.98 Å². The monoisotopic (exact) mass is 223 g/mol. The number of rotatable bonds is 1. The Kier molecular flexibility index (Phi) is 1.75. The minimum Gasteiger partial charge on any atom is -0.399 e. The van der Waals surface area contributed by atoms with Gasteiger partial charge in [0, 0.05) is 6.17 Å². The van der Waals surface area contributed by atoms with E-state index in [-0.39, 0.29) is 29.5 Å². The molecule has 1 saturated heterocycles. The number of pyridine rings is 1. The zero-order valence-electron chi connectivity index (χ0n) is 12.9. The zero-order chi connectivity index (χ0) is 14.6. The zero-order valence-corrected chi connectivity index (χ0v) is 9.92. The molecule has 2 rings (SSSR count). The Hall–Kier alpha value is -1.07. The van der Waals surface area contributed by atoms with Gasteiger partial charge in [0.2, 0.25) is 0 Å². The van der Waals surface area contributed by atoms with Crippen molar-refractivity contribution in [3.63, 3.8) is 0 Å². The molecule has 0 amide bonds. The summed E-state index contributed by atoms with van der Waals surface area (Å²) in [6, 6.07) is -0.294. The molecule has 0 atom stereocenters. The highest BCUT2D eigenvalue weighted by Crippen LogP contribution is 2.36. The van der Waals surface area contributed by atoms with Gasteiger partial charge in [0.25, 0.3) is 0 Å². The fraction of sp³-hybridized carbons (Fsp3) is 0.545. The molecule has 0 spiro atoms. The minimum atomic E-state index is -0.876. The first-order valence-electron chi connectivity index (χ1n) is 6.65. The molecule has 1 aromatic rings. The second-order valence-electron chi connectivity index (χ2n) is 4.86. The fourth-order valence-corrected chi connectivity index (χ4v) is 1.42. The molecule has 5 heteroatoms. The molecule has 0 saturated carbocycles. The summed E-state index contributed by atoms with van der Waals surface area (Å²) in [6.45, 7) is 7.53. The van der Waals surface area contributed by atoms with Crippen LogP contribution in [-0.2, 0) is 9.31 Å². The summed E-state index contributed by atoms with van der Waals surface area (Å²) in [7, 11) is -0.876. The van der Waals surface area contributed by atoms with E-state index in [0.717, 1.165) is 0 Å². The van der Waals surface area contributed by atoms with Crippen molar-refractivity contribution in [1.82, 2.24) is 4.98 Å². The van der Waals surface area contributed by atoms with E-state index >= 15 is 0 Å². The Morgan fingerprint density at radius 1 is 1.31 bits per heavy atom. The van der Waals surface area contributed by atoms with E-state index < -0.39 is 18.3 Å². The van der Waals surface area contributed by atoms with E-state index in [1.165, 1.54) is 0 Å². The lowest BCUT2D eigenvalue weighted by Gasteiger charge is -2.32. The highest BCUT2D eigenvalue weighted by Gasteiger charge is 2.51. The third-order valence-electron chi connectivity index (χ3n) is 3.12. The first kappa shape index (κ1) is 8.09. The number of nitrogens with zero attached hydrogens (tertiary/aromatic N) is 1. The van der Waals surface area contributed by atoms with Crippen molar-refractivity contribution in [2.75, 3.05) is 5.73 Å². The molecule has 2 heterocycles. The number of hydrogen-bond donors (Lipinski definition) is 1. The maximum atomic E-state index is 7.91. The molecule has 0 aliphatic carbocycles. The van der Waals surface area contributed by atoms with Crippen LogP contribution in [0.15, 0.2) is 18.3 Å². The predicted octanol–water partition coefficient (Wildman–Crippen LogP) is 0.963. The smallest absolute Gasteiger partial charge is 0.399 e. The van der Waals surface area contributed by atoms with Crippen molar-refractivity contribution in [2.24, 2.45) is 0 Å².